The Bertz CT molecular complexity index is 2970. The summed E-state index contributed by atoms with van der Waals surface area (Å²) in [6, 6.07) is 60.8. The highest BCUT2D eigenvalue weighted by molar-refractivity contribution is 6.09. The monoisotopic (exact) mass is 692 g/mol. The number of pyridine rings is 3. The lowest BCUT2D eigenvalue weighted by atomic mass is 9.95. The van der Waals surface area contributed by atoms with E-state index in [1.165, 1.54) is 5.39 Å². The lowest BCUT2D eigenvalue weighted by Crippen LogP contribution is -1.96. The van der Waals surface area contributed by atoms with Crippen molar-refractivity contribution in [3.8, 4) is 62.1 Å². The molecule has 0 saturated carbocycles. The number of aromatic nitrogens is 4. The lowest BCUT2D eigenvalue weighted by Gasteiger charge is -2.14. The van der Waals surface area contributed by atoms with Crippen molar-refractivity contribution in [2.24, 2.45) is 0 Å². The molecule has 0 N–H and O–H groups in total. The van der Waals surface area contributed by atoms with E-state index in [0.29, 0.717) is 0 Å². The van der Waals surface area contributed by atoms with Gasteiger partial charge in [-0.15, -0.1) is 0 Å². The van der Waals surface area contributed by atoms with Crippen LogP contribution in [0.25, 0.3) is 83.2 Å². The van der Waals surface area contributed by atoms with Crippen molar-refractivity contribution in [3.63, 3.8) is 0 Å². The van der Waals surface area contributed by atoms with Gasteiger partial charge >= 0.3 is 0 Å². The fourth-order valence-corrected chi connectivity index (χ4v) is 7.46. The van der Waals surface area contributed by atoms with Gasteiger partial charge in [-0.2, -0.15) is 0 Å². The molecule has 10 rings (SSSR count). The van der Waals surface area contributed by atoms with Crippen LogP contribution < -0.4 is 4.74 Å². The van der Waals surface area contributed by atoms with Gasteiger partial charge in [-0.25, -0.2) is 4.98 Å². The third-order valence-corrected chi connectivity index (χ3v) is 9.97. The quantitative estimate of drug-likeness (QED) is 0.167. The summed E-state index contributed by atoms with van der Waals surface area (Å²) in [5.41, 5.74) is 10.4. The molecule has 0 fully saturated rings. The molecule has 0 aliphatic heterocycles. The van der Waals surface area contributed by atoms with Gasteiger partial charge in [-0.3, -0.25) is 14.5 Å². The van der Waals surface area contributed by atoms with Gasteiger partial charge in [0.25, 0.3) is 0 Å². The number of hydrogen-bond acceptors (Lipinski definition) is 4. The summed E-state index contributed by atoms with van der Waals surface area (Å²) in [4.78, 5) is 14.2. The van der Waals surface area contributed by atoms with Gasteiger partial charge in [0.1, 0.15) is 17.3 Å². The maximum atomic E-state index is 6.82. The van der Waals surface area contributed by atoms with Crippen molar-refractivity contribution in [1.82, 2.24) is 19.5 Å². The Morgan fingerprint density at radius 1 is 0.370 bits per heavy atom. The first kappa shape index (κ1) is 31.4. The van der Waals surface area contributed by atoms with Crippen LogP contribution in [0.3, 0.4) is 0 Å². The molecule has 0 atom stereocenters. The van der Waals surface area contributed by atoms with Crippen LogP contribution in [-0.4, -0.2) is 19.5 Å². The van der Waals surface area contributed by atoms with Crippen molar-refractivity contribution in [3.05, 3.63) is 195 Å². The number of ether oxygens (including phenoxy) is 1. The van der Waals surface area contributed by atoms with E-state index in [-0.39, 0.29) is 0 Å². The van der Waals surface area contributed by atoms with E-state index in [1.807, 2.05) is 55.0 Å². The van der Waals surface area contributed by atoms with Gasteiger partial charge in [0.05, 0.1) is 22.4 Å². The number of para-hydroxylation sites is 1. The van der Waals surface area contributed by atoms with Gasteiger partial charge in [0.2, 0.25) is 0 Å². The van der Waals surface area contributed by atoms with Gasteiger partial charge in [0.15, 0.2) is 0 Å². The Labute approximate surface area is 312 Å². The first-order valence-corrected chi connectivity index (χ1v) is 18.0. The number of rotatable bonds is 7. The SMILES string of the molecule is c1ccc(-c2cccc(-c3cccc(-c4cc(Oc5ccc6c7ccccc7n(-c7ccccn7)c6c5)cc(-c5nccc6ccccc56)c4)c3)c2)nc1. The predicted molar refractivity (Wildman–Crippen MR) is 220 cm³/mol. The highest BCUT2D eigenvalue weighted by Crippen LogP contribution is 2.39. The van der Waals surface area contributed by atoms with E-state index in [9.17, 15) is 0 Å². The molecule has 0 radical (unpaired) electrons. The second-order valence-corrected chi connectivity index (χ2v) is 13.3. The Morgan fingerprint density at radius 3 is 1.85 bits per heavy atom. The number of fused-ring (bicyclic) bond motifs is 4. The Morgan fingerprint density at radius 2 is 1.04 bits per heavy atom. The molecule has 0 spiro atoms. The smallest absolute Gasteiger partial charge is 0.137 e. The van der Waals surface area contributed by atoms with Crippen LogP contribution >= 0.6 is 0 Å². The molecule has 0 unspecified atom stereocenters. The summed E-state index contributed by atoms with van der Waals surface area (Å²) in [7, 11) is 0. The molecule has 54 heavy (non-hydrogen) atoms. The molecule has 5 nitrogen and oxygen atoms in total. The van der Waals surface area contributed by atoms with Crippen LogP contribution in [-0.2, 0) is 0 Å². The molecule has 4 aromatic heterocycles. The predicted octanol–water partition coefficient (Wildman–Crippen LogP) is 12.6. The molecule has 6 aromatic carbocycles. The second-order valence-electron chi connectivity index (χ2n) is 13.3. The van der Waals surface area contributed by atoms with Crippen molar-refractivity contribution >= 4 is 32.6 Å². The summed E-state index contributed by atoms with van der Waals surface area (Å²) in [6.45, 7) is 0. The summed E-state index contributed by atoms with van der Waals surface area (Å²) >= 11 is 0. The summed E-state index contributed by atoms with van der Waals surface area (Å²) < 4.78 is 9.02. The molecular formula is C49H32N4O. The van der Waals surface area contributed by atoms with Crippen LogP contribution in [0.5, 0.6) is 11.5 Å². The van der Waals surface area contributed by atoms with E-state index in [2.05, 4.69) is 149 Å². The van der Waals surface area contributed by atoms with Gasteiger partial charge < -0.3 is 4.74 Å². The third-order valence-electron chi connectivity index (χ3n) is 9.97. The van der Waals surface area contributed by atoms with E-state index in [4.69, 9.17) is 14.7 Å². The minimum absolute atomic E-state index is 0.722. The molecule has 0 bridgehead atoms. The topological polar surface area (TPSA) is 52.8 Å². The van der Waals surface area contributed by atoms with Gasteiger partial charge in [0, 0.05) is 51.9 Å². The zero-order valence-corrected chi connectivity index (χ0v) is 29.2. The van der Waals surface area contributed by atoms with Crippen molar-refractivity contribution < 1.29 is 4.74 Å². The second kappa shape index (κ2) is 13.3. The minimum atomic E-state index is 0.722. The summed E-state index contributed by atoms with van der Waals surface area (Å²) in [5.74, 6) is 2.31. The van der Waals surface area contributed by atoms with Crippen LogP contribution in [0.4, 0.5) is 0 Å². The Kier molecular flexibility index (Phi) is 7.73. The van der Waals surface area contributed by atoms with Crippen LogP contribution in [0.15, 0.2) is 195 Å². The van der Waals surface area contributed by atoms with Crippen molar-refractivity contribution in [1.29, 1.82) is 0 Å². The normalized spacial score (nSPS) is 11.3. The van der Waals surface area contributed by atoms with Crippen molar-refractivity contribution in [2.45, 2.75) is 0 Å². The fraction of sp³-hybridized carbons (Fsp3) is 0. The van der Waals surface area contributed by atoms with E-state index >= 15 is 0 Å². The number of nitrogens with zero attached hydrogens (tertiary/aromatic N) is 4. The van der Waals surface area contributed by atoms with Gasteiger partial charge in [-0.1, -0.05) is 91.0 Å². The van der Waals surface area contributed by atoms with Crippen LogP contribution in [0, 0.1) is 0 Å². The number of benzene rings is 6. The molecular weight excluding hydrogens is 661 g/mol. The molecule has 10 aromatic rings. The average Bonchev–Trinajstić information content (AvgIpc) is 3.57. The largest absolute Gasteiger partial charge is 0.457 e. The molecule has 0 aliphatic rings. The zero-order valence-electron chi connectivity index (χ0n) is 29.2. The van der Waals surface area contributed by atoms with E-state index < -0.39 is 0 Å². The maximum absolute atomic E-state index is 6.82. The summed E-state index contributed by atoms with van der Waals surface area (Å²) in [6.07, 6.45) is 5.54. The highest BCUT2D eigenvalue weighted by Gasteiger charge is 2.16. The Balaban J connectivity index is 1.10. The number of hydrogen-bond donors (Lipinski definition) is 0. The summed E-state index contributed by atoms with van der Waals surface area (Å²) in [5, 5.41) is 4.53. The highest BCUT2D eigenvalue weighted by atomic mass is 16.5. The fourth-order valence-electron chi connectivity index (χ4n) is 7.46. The lowest BCUT2D eigenvalue weighted by molar-refractivity contribution is 0.483. The van der Waals surface area contributed by atoms with E-state index in [1.54, 1.807) is 0 Å². The first-order chi connectivity index (χ1) is 26.7. The zero-order chi connectivity index (χ0) is 35.8. The standard InChI is InChI=1S/C49H32N4O/c1-2-16-42-33(11-1)23-26-52-49(42)39-29-38(36-14-9-12-34(27-36)35-13-10-15-37(28-35)45-18-5-7-24-50-45)30-41(31-39)54-40-21-22-44-43-17-3-4-19-46(43)53(47(44)32-40)48-20-6-8-25-51-48/h1-32H. The molecule has 0 aliphatic carbocycles. The average molecular weight is 693 g/mol. The van der Waals surface area contributed by atoms with Gasteiger partial charge in [-0.05, 0) is 107 Å². The molecule has 254 valence electrons. The molecule has 0 amide bonds. The third kappa shape index (κ3) is 5.74. The van der Waals surface area contributed by atoms with Crippen molar-refractivity contribution in [2.75, 3.05) is 0 Å². The molecule has 5 heteroatoms. The first-order valence-electron chi connectivity index (χ1n) is 18.0. The Hall–Kier alpha value is -7.37. The minimum Gasteiger partial charge on any atom is -0.457 e. The maximum Gasteiger partial charge on any atom is 0.137 e. The van der Waals surface area contributed by atoms with E-state index in [0.717, 1.165) is 89.3 Å². The molecule has 0 saturated heterocycles. The van der Waals surface area contributed by atoms with Crippen LogP contribution in [0.2, 0.25) is 0 Å². The van der Waals surface area contributed by atoms with Crippen LogP contribution in [0.1, 0.15) is 0 Å². The molecule has 4 heterocycles.